The van der Waals surface area contributed by atoms with Crippen molar-refractivity contribution in [3.8, 4) is 0 Å². The standard InChI is InChI=1S/C20H28N4O/c1-3-24-16(2)19(14-22-24)20(25)21-11-13-23-12-7-10-18(15-23)17-8-5-4-6-9-17/h4-6,8-9,14,18H,3,7,10-13,15H2,1-2H3,(H,21,25)/t18-/m1/s1. The quantitative estimate of drug-likeness (QED) is 0.880. The van der Waals surface area contributed by atoms with E-state index in [1.807, 2.05) is 18.5 Å². The molecule has 0 spiro atoms. The molecule has 0 radical (unpaired) electrons. The first-order chi connectivity index (χ1) is 12.2. The SMILES string of the molecule is CCn1ncc(C(=O)NCCN2CCC[C@@H](c3ccccc3)C2)c1C. The van der Waals surface area contributed by atoms with E-state index in [2.05, 4.69) is 45.6 Å². The molecule has 1 aromatic heterocycles. The van der Waals surface area contributed by atoms with Gasteiger partial charge >= 0.3 is 0 Å². The van der Waals surface area contributed by atoms with Crippen molar-refractivity contribution in [3.63, 3.8) is 0 Å². The molecule has 1 fully saturated rings. The van der Waals surface area contributed by atoms with Crippen molar-refractivity contribution in [1.29, 1.82) is 0 Å². The van der Waals surface area contributed by atoms with Crippen molar-refractivity contribution in [2.45, 2.75) is 39.2 Å². The van der Waals surface area contributed by atoms with Crippen LogP contribution in [-0.4, -0.2) is 46.8 Å². The van der Waals surface area contributed by atoms with Crippen LogP contribution in [0.15, 0.2) is 36.5 Å². The van der Waals surface area contributed by atoms with Crippen molar-refractivity contribution < 1.29 is 4.79 Å². The van der Waals surface area contributed by atoms with Crippen LogP contribution in [0.1, 0.15) is 47.3 Å². The lowest BCUT2D eigenvalue weighted by Crippen LogP contribution is -2.40. The van der Waals surface area contributed by atoms with E-state index in [9.17, 15) is 4.79 Å². The molecule has 0 unspecified atom stereocenters. The number of hydrogen-bond donors (Lipinski definition) is 1. The van der Waals surface area contributed by atoms with E-state index in [0.717, 1.165) is 31.9 Å². The second-order valence-corrected chi connectivity index (χ2v) is 6.77. The third-order valence-electron chi connectivity index (χ3n) is 5.14. The number of carbonyl (C=O) groups is 1. The number of aryl methyl sites for hydroxylation is 1. The molecule has 1 saturated heterocycles. The highest BCUT2D eigenvalue weighted by molar-refractivity contribution is 5.95. The molecule has 2 heterocycles. The molecule has 0 aliphatic carbocycles. The fraction of sp³-hybridized carbons (Fsp3) is 0.500. The van der Waals surface area contributed by atoms with Crippen LogP contribution in [0.25, 0.3) is 0 Å². The van der Waals surface area contributed by atoms with Gasteiger partial charge in [-0.15, -0.1) is 0 Å². The van der Waals surface area contributed by atoms with Gasteiger partial charge in [-0.25, -0.2) is 0 Å². The molecule has 3 rings (SSSR count). The first-order valence-corrected chi connectivity index (χ1v) is 9.27. The van der Waals surface area contributed by atoms with Crippen molar-refractivity contribution in [3.05, 3.63) is 53.3 Å². The van der Waals surface area contributed by atoms with Gasteiger partial charge in [0.1, 0.15) is 0 Å². The molecule has 0 saturated carbocycles. The van der Waals surface area contributed by atoms with Crippen LogP contribution in [-0.2, 0) is 6.54 Å². The summed E-state index contributed by atoms with van der Waals surface area (Å²) in [4.78, 5) is 14.8. The molecule has 1 aliphatic heterocycles. The topological polar surface area (TPSA) is 50.2 Å². The lowest BCUT2D eigenvalue weighted by molar-refractivity contribution is 0.0945. The zero-order valence-corrected chi connectivity index (χ0v) is 15.2. The normalized spacial score (nSPS) is 18.2. The fourth-order valence-electron chi connectivity index (χ4n) is 3.67. The van der Waals surface area contributed by atoms with Gasteiger partial charge < -0.3 is 10.2 Å². The number of amides is 1. The van der Waals surface area contributed by atoms with Crippen LogP contribution in [0.4, 0.5) is 0 Å². The first-order valence-electron chi connectivity index (χ1n) is 9.27. The predicted molar refractivity (Wildman–Crippen MR) is 99.8 cm³/mol. The van der Waals surface area contributed by atoms with Crippen molar-refractivity contribution in [2.75, 3.05) is 26.2 Å². The summed E-state index contributed by atoms with van der Waals surface area (Å²) in [6.45, 7) is 8.53. The summed E-state index contributed by atoms with van der Waals surface area (Å²) in [5, 5.41) is 7.29. The van der Waals surface area contributed by atoms with Gasteiger partial charge in [0, 0.05) is 31.9 Å². The van der Waals surface area contributed by atoms with Crippen molar-refractivity contribution >= 4 is 5.91 Å². The number of nitrogens with one attached hydrogen (secondary N) is 1. The summed E-state index contributed by atoms with van der Waals surface area (Å²) < 4.78 is 1.85. The summed E-state index contributed by atoms with van der Waals surface area (Å²) in [6.07, 6.45) is 4.14. The van der Waals surface area contributed by atoms with E-state index in [4.69, 9.17) is 0 Å². The van der Waals surface area contributed by atoms with Crippen molar-refractivity contribution in [2.24, 2.45) is 0 Å². The minimum absolute atomic E-state index is 0.0196. The Labute approximate surface area is 150 Å². The van der Waals surface area contributed by atoms with E-state index in [0.29, 0.717) is 18.0 Å². The second kappa shape index (κ2) is 8.30. The summed E-state index contributed by atoms with van der Waals surface area (Å²) in [7, 11) is 0. The maximum Gasteiger partial charge on any atom is 0.254 e. The average molecular weight is 340 g/mol. The Bertz CT molecular complexity index is 695. The van der Waals surface area contributed by atoms with Crippen LogP contribution in [0.2, 0.25) is 0 Å². The number of likely N-dealkylation sites (tertiary alicyclic amines) is 1. The zero-order valence-electron chi connectivity index (χ0n) is 15.2. The number of benzene rings is 1. The third kappa shape index (κ3) is 4.28. The summed E-state index contributed by atoms with van der Waals surface area (Å²) >= 11 is 0. The third-order valence-corrected chi connectivity index (χ3v) is 5.14. The molecule has 1 aliphatic rings. The number of rotatable bonds is 6. The van der Waals surface area contributed by atoms with Gasteiger partial charge in [0.05, 0.1) is 11.8 Å². The summed E-state index contributed by atoms with van der Waals surface area (Å²) in [5.74, 6) is 0.588. The smallest absolute Gasteiger partial charge is 0.254 e. The van der Waals surface area contributed by atoms with Gasteiger partial charge in [-0.3, -0.25) is 9.48 Å². The van der Waals surface area contributed by atoms with Crippen LogP contribution >= 0.6 is 0 Å². The highest BCUT2D eigenvalue weighted by Gasteiger charge is 2.21. The predicted octanol–water partition coefficient (Wildman–Crippen LogP) is 2.82. The Hall–Kier alpha value is -2.14. The summed E-state index contributed by atoms with van der Waals surface area (Å²) in [6, 6.07) is 10.8. The van der Waals surface area contributed by atoms with E-state index in [1.54, 1.807) is 6.20 Å². The van der Waals surface area contributed by atoms with Gasteiger partial charge in [-0.2, -0.15) is 5.10 Å². The number of hydrogen-bond acceptors (Lipinski definition) is 3. The second-order valence-electron chi connectivity index (χ2n) is 6.77. The molecular formula is C20H28N4O. The van der Waals surface area contributed by atoms with Gasteiger partial charge in [-0.05, 0) is 44.7 Å². The van der Waals surface area contributed by atoms with E-state index in [-0.39, 0.29) is 5.91 Å². The van der Waals surface area contributed by atoms with E-state index in [1.165, 1.54) is 18.4 Å². The molecule has 5 nitrogen and oxygen atoms in total. The lowest BCUT2D eigenvalue weighted by atomic mass is 9.91. The number of aromatic nitrogens is 2. The Morgan fingerprint density at radius 2 is 2.12 bits per heavy atom. The van der Waals surface area contributed by atoms with Crippen LogP contribution < -0.4 is 5.32 Å². The maximum absolute atomic E-state index is 12.3. The Morgan fingerprint density at radius 1 is 1.32 bits per heavy atom. The number of carbonyl (C=O) groups excluding carboxylic acids is 1. The molecule has 1 atom stereocenters. The lowest BCUT2D eigenvalue weighted by Gasteiger charge is -2.33. The van der Waals surface area contributed by atoms with Crippen LogP contribution in [0, 0.1) is 6.92 Å². The van der Waals surface area contributed by atoms with E-state index < -0.39 is 0 Å². The molecule has 1 N–H and O–H groups in total. The average Bonchev–Trinajstić information content (AvgIpc) is 3.03. The molecule has 25 heavy (non-hydrogen) atoms. The van der Waals surface area contributed by atoms with Crippen molar-refractivity contribution in [1.82, 2.24) is 20.0 Å². The molecule has 2 aromatic rings. The largest absolute Gasteiger partial charge is 0.351 e. The van der Waals surface area contributed by atoms with Crippen LogP contribution in [0.3, 0.4) is 0 Å². The van der Waals surface area contributed by atoms with Gasteiger partial charge in [0.2, 0.25) is 0 Å². The summed E-state index contributed by atoms with van der Waals surface area (Å²) in [5.41, 5.74) is 3.05. The maximum atomic E-state index is 12.3. The van der Waals surface area contributed by atoms with Crippen LogP contribution in [0.5, 0.6) is 0 Å². The molecule has 0 bridgehead atoms. The Kier molecular flexibility index (Phi) is 5.87. The molecule has 134 valence electrons. The van der Waals surface area contributed by atoms with E-state index >= 15 is 0 Å². The number of piperidine rings is 1. The minimum Gasteiger partial charge on any atom is -0.351 e. The molecule has 1 amide bonds. The Balaban J connectivity index is 1.48. The minimum atomic E-state index is -0.0196. The fourth-order valence-corrected chi connectivity index (χ4v) is 3.67. The Morgan fingerprint density at radius 3 is 2.84 bits per heavy atom. The highest BCUT2D eigenvalue weighted by Crippen LogP contribution is 2.26. The first kappa shape index (κ1) is 17.7. The van der Waals surface area contributed by atoms with Gasteiger partial charge in [0.25, 0.3) is 5.91 Å². The monoisotopic (exact) mass is 340 g/mol. The molecule has 1 aromatic carbocycles. The van der Waals surface area contributed by atoms with Gasteiger partial charge in [-0.1, -0.05) is 30.3 Å². The number of nitrogens with zero attached hydrogens (tertiary/aromatic N) is 3. The molecular weight excluding hydrogens is 312 g/mol. The highest BCUT2D eigenvalue weighted by atomic mass is 16.1. The zero-order chi connectivity index (χ0) is 17.6. The molecule has 5 heteroatoms. The van der Waals surface area contributed by atoms with Gasteiger partial charge in [0.15, 0.2) is 0 Å².